The van der Waals surface area contributed by atoms with Crippen molar-refractivity contribution in [3.63, 3.8) is 0 Å². The summed E-state index contributed by atoms with van der Waals surface area (Å²) in [6.07, 6.45) is 1.21. The largest absolute Gasteiger partial charge is 0.493 e. The first-order chi connectivity index (χ1) is 15.2. The number of benzene rings is 1. The number of esters is 2. The summed E-state index contributed by atoms with van der Waals surface area (Å²) in [6.45, 7) is 10.5. The first-order valence-electron chi connectivity index (χ1n) is 11.0. The lowest BCUT2D eigenvalue weighted by Crippen LogP contribution is -2.36. The average Bonchev–Trinajstić information content (AvgIpc) is 3.26. The number of carbonyl (C=O) groups is 2. The molecular formula is C24H32O8. The Balaban J connectivity index is 1.59. The van der Waals surface area contributed by atoms with Crippen LogP contribution >= 0.6 is 0 Å². The Bertz CT molecular complexity index is 809. The van der Waals surface area contributed by atoms with E-state index >= 15 is 0 Å². The molecular weight excluding hydrogens is 416 g/mol. The van der Waals surface area contributed by atoms with Crippen LogP contribution in [0.5, 0.6) is 5.75 Å². The second kappa shape index (κ2) is 10.5. The van der Waals surface area contributed by atoms with Crippen LogP contribution in [0.15, 0.2) is 29.8 Å². The van der Waals surface area contributed by atoms with Gasteiger partial charge in [0, 0.05) is 5.92 Å². The molecule has 0 amide bonds. The molecule has 0 spiro atoms. The lowest BCUT2D eigenvalue weighted by atomic mass is 9.99. The lowest BCUT2D eigenvalue weighted by Gasteiger charge is -2.25. The predicted molar refractivity (Wildman–Crippen MR) is 116 cm³/mol. The summed E-state index contributed by atoms with van der Waals surface area (Å²) in [5, 5.41) is 0. The fourth-order valence-electron chi connectivity index (χ4n) is 3.83. The normalized spacial score (nSPS) is 24.3. The molecule has 4 atom stereocenters. The minimum Gasteiger partial charge on any atom is -0.493 e. The number of hydrogen-bond acceptors (Lipinski definition) is 8. The van der Waals surface area contributed by atoms with Crippen molar-refractivity contribution in [1.82, 2.24) is 0 Å². The Labute approximate surface area is 188 Å². The van der Waals surface area contributed by atoms with E-state index in [0.29, 0.717) is 24.5 Å². The van der Waals surface area contributed by atoms with Crippen LogP contribution in [0, 0.1) is 5.92 Å². The second-order valence-electron chi connectivity index (χ2n) is 8.29. The number of fused-ring (bicyclic) bond motifs is 1. The molecule has 2 heterocycles. The van der Waals surface area contributed by atoms with Crippen molar-refractivity contribution < 1.29 is 38.0 Å². The Morgan fingerprint density at radius 1 is 1.09 bits per heavy atom. The van der Waals surface area contributed by atoms with E-state index in [4.69, 9.17) is 28.4 Å². The van der Waals surface area contributed by atoms with Crippen LogP contribution in [0.4, 0.5) is 0 Å². The maximum atomic E-state index is 12.1. The first-order valence-corrected chi connectivity index (χ1v) is 11.0. The van der Waals surface area contributed by atoms with Gasteiger partial charge in [0.2, 0.25) is 0 Å². The molecule has 2 saturated heterocycles. The highest BCUT2D eigenvalue weighted by Gasteiger charge is 2.51. The number of carbonyl (C=O) groups excluding carboxylic acids is 2. The summed E-state index contributed by atoms with van der Waals surface area (Å²) in [6, 6.07) is 7.08. The van der Waals surface area contributed by atoms with Crippen molar-refractivity contribution in [3.05, 3.63) is 35.4 Å². The van der Waals surface area contributed by atoms with Crippen LogP contribution in [0.2, 0.25) is 0 Å². The molecule has 0 N–H and O–H groups in total. The minimum absolute atomic E-state index is 0.0449. The van der Waals surface area contributed by atoms with E-state index in [9.17, 15) is 9.59 Å². The van der Waals surface area contributed by atoms with Crippen molar-refractivity contribution in [2.45, 2.75) is 58.7 Å². The van der Waals surface area contributed by atoms with E-state index in [0.717, 1.165) is 0 Å². The third kappa shape index (κ3) is 5.88. The van der Waals surface area contributed by atoms with Crippen molar-refractivity contribution in [2.75, 3.05) is 26.4 Å². The summed E-state index contributed by atoms with van der Waals surface area (Å²) in [5.41, 5.74) is 0.507. The standard InChI is InChI=1S/C24H32O8/c1-6-27-22(25)18(23(26)28-7-2)12-16-8-10-17(11-9-16)29-13-15(3)20-21-19(14-30-20)31-24(4,5)32-21/h8-12,15,19-21H,6-7,13-14H2,1-5H3/t15?,19-,20?,21-/m1/s1. The fourth-order valence-corrected chi connectivity index (χ4v) is 3.83. The van der Waals surface area contributed by atoms with Crippen molar-refractivity contribution in [1.29, 1.82) is 0 Å². The SMILES string of the molecule is CCOC(=O)C(=Cc1ccc(OCC(C)C2OC[C@H]3OC(C)(C)O[C@@H]23)cc1)C(=O)OCC. The van der Waals surface area contributed by atoms with Gasteiger partial charge in [-0.3, -0.25) is 0 Å². The van der Waals surface area contributed by atoms with Gasteiger partial charge in [-0.15, -0.1) is 0 Å². The molecule has 0 saturated carbocycles. The fraction of sp³-hybridized carbons (Fsp3) is 0.583. The highest BCUT2D eigenvalue weighted by molar-refractivity contribution is 6.17. The highest BCUT2D eigenvalue weighted by Crippen LogP contribution is 2.37. The number of ether oxygens (including phenoxy) is 6. The molecule has 2 unspecified atom stereocenters. The molecule has 0 aromatic heterocycles. The molecule has 1 aromatic rings. The Morgan fingerprint density at radius 3 is 2.31 bits per heavy atom. The van der Waals surface area contributed by atoms with Crippen LogP contribution in [0.25, 0.3) is 6.08 Å². The van der Waals surface area contributed by atoms with Crippen LogP contribution in [-0.4, -0.2) is 62.5 Å². The monoisotopic (exact) mass is 448 g/mol. The topological polar surface area (TPSA) is 89.5 Å². The lowest BCUT2D eigenvalue weighted by molar-refractivity contribution is -0.180. The quantitative estimate of drug-likeness (QED) is 0.246. The average molecular weight is 449 g/mol. The van der Waals surface area contributed by atoms with Crippen molar-refractivity contribution in [2.24, 2.45) is 5.92 Å². The van der Waals surface area contributed by atoms with Crippen LogP contribution < -0.4 is 4.74 Å². The van der Waals surface area contributed by atoms with Gasteiger partial charge in [0.15, 0.2) is 5.79 Å². The Morgan fingerprint density at radius 2 is 1.72 bits per heavy atom. The third-order valence-electron chi connectivity index (χ3n) is 5.25. The predicted octanol–water partition coefficient (Wildman–Crippen LogP) is 3.13. The zero-order chi connectivity index (χ0) is 23.3. The molecule has 3 rings (SSSR count). The number of hydrogen-bond donors (Lipinski definition) is 0. The number of rotatable bonds is 9. The summed E-state index contributed by atoms with van der Waals surface area (Å²) >= 11 is 0. The smallest absolute Gasteiger partial charge is 0.345 e. The summed E-state index contributed by atoms with van der Waals surface area (Å²) < 4.78 is 33.6. The van der Waals surface area contributed by atoms with Gasteiger partial charge < -0.3 is 28.4 Å². The van der Waals surface area contributed by atoms with Crippen molar-refractivity contribution >= 4 is 18.0 Å². The maximum absolute atomic E-state index is 12.1. The maximum Gasteiger partial charge on any atom is 0.345 e. The van der Waals surface area contributed by atoms with Crippen LogP contribution in [0.3, 0.4) is 0 Å². The zero-order valence-electron chi connectivity index (χ0n) is 19.3. The van der Waals surface area contributed by atoms with E-state index in [1.165, 1.54) is 6.08 Å². The van der Waals surface area contributed by atoms with Gasteiger partial charge in [-0.1, -0.05) is 19.1 Å². The van der Waals surface area contributed by atoms with Gasteiger partial charge in [-0.2, -0.15) is 0 Å². The van der Waals surface area contributed by atoms with E-state index < -0.39 is 17.7 Å². The molecule has 0 bridgehead atoms. The molecule has 8 heteroatoms. The summed E-state index contributed by atoms with van der Waals surface area (Å²) in [7, 11) is 0. The third-order valence-corrected chi connectivity index (χ3v) is 5.25. The molecule has 0 radical (unpaired) electrons. The van der Waals surface area contributed by atoms with Gasteiger partial charge in [0.25, 0.3) is 0 Å². The molecule has 2 aliphatic rings. The molecule has 0 aliphatic carbocycles. The minimum atomic E-state index is -0.712. The van der Waals surface area contributed by atoms with E-state index in [1.807, 2.05) is 13.8 Å². The van der Waals surface area contributed by atoms with Gasteiger partial charge in [-0.25, -0.2) is 9.59 Å². The first kappa shape index (κ1) is 24.2. The van der Waals surface area contributed by atoms with E-state index in [2.05, 4.69) is 6.92 Å². The van der Waals surface area contributed by atoms with Crippen molar-refractivity contribution in [3.8, 4) is 5.75 Å². The van der Waals surface area contributed by atoms with Gasteiger partial charge >= 0.3 is 11.9 Å². The molecule has 2 aliphatic heterocycles. The Kier molecular flexibility index (Phi) is 7.92. The second-order valence-corrected chi connectivity index (χ2v) is 8.29. The van der Waals surface area contributed by atoms with Gasteiger partial charge in [-0.05, 0) is 51.5 Å². The van der Waals surface area contributed by atoms with Crippen LogP contribution in [-0.2, 0) is 33.3 Å². The molecule has 1 aromatic carbocycles. The van der Waals surface area contributed by atoms with Crippen LogP contribution in [0.1, 0.15) is 40.2 Å². The van der Waals surface area contributed by atoms with Gasteiger partial charge in [0.05, 0.1) is 32.5 Å². The van der Waals surface area contributed by atoms with Gasteiger partial charge in [0.1, 0.15) is 23.5 Å². The molecule has 32 heavy (non-hydrogen) atoms. The zero-order valence-corrected chi connectivity index (χ0v) is 19.3. The highest BCUT2D eigenvalue weighted by atomic mass is 16.8. The summed E-state index contributed by atoms with van der Waals surface area (Å²) in [5.74, 6) is -1.25. The Hall–Kier alpha value is -2.42. The van der Waals surface area contributed by atoms with E-state index in [1.54, 1.807) is 38.1 Å². The molecule has 176 valence electrons. The van der Waals surface area contributed by atoms with E-state index in [-0.39, 0.29) is 43.0 Å². The molecule has 8 nitrogen and oxygen atoms in total. The molecule has 2 fully saturated rings. The summed E-state index contributed by atoms with van der Waals surface area (Å²) in [4.78, 5) is 24.2.